The van der Waals surface area contributed by atoms with E-state index < -0.39 is 11.5 Å². The van der Waals surface area contributed by atoms with Crippen LogP contribution in [0.25, 0.3) is 0 Å². The fourth-order valence-corrected chi connectivity index (χ4v) is 6.76. The fourth-order valence-electron chi connectivity index (χ4n) is 6.76. The van der Waals surface area contributed by atoms with Crippen molar-refractivity contribution in [3.63, 3.8) is 0 Å². The number of amides is 3. The van der Waals surface area contributed by atoms with E-state index in [1.807, 2.05) is 46.2 Å². The van der Waals surface area contributed by atoms with Gasteiger partial charge in [-0.15, -0.1) is 0 Å². The molecule has 0 saturated carbocycles. The van der Waals surface area contributed by atoms with E-state index in [0.717, 1.165) is 42.6 Å². The zero-order valence-corrected chi connectivity index (χ0v) is 19.9. The van der Waals surface area contributed by atoms with Crippen molar-refractivity contribution in [2.45, 2.75) is 43.7 Å². The highest BCUT2D eigenvalue weighted by Crippen LogP contribution is 2.56. The predicted octanol–water partition coefficient (Wildman–Crippen LogP) is 1.70. The molecule has 35 heavy (non-hydrogen) atoms. The molecule has 3 fully saturated rings. The van der Waals surface area contributed by atoms with Gasteiger partial charge in [0.1, 0.15) is 5.54 Å². The van der Waals surface area contributed by atoms with Crippen molar-refractivity contribution in [2.75, 3.05) is 37.6 Å². The van der Waals surface area contributed by atoms with Gasteiger partial charge in [-0.05, 0) is 49.9 Å². The highest BCUT2D eigenvalue weighted by Gasteiger charge is 2.67. The number of pyridine rings is 1. The third-order valence-electron chi connectivity index (χ3n) is 8.26. The third-order valence-corrected chi connectivity index (χ3v) is 8.26. The van der Waals surface area contributed by atoms with Gasteiger partial charge in [-0.3, -0.25) is 24.3 Å². The number of benzene rings is 1. The first-order chi connectivity index (χ1) is 17.1. The van der Waals surface area contributed by atoms with Gasteiger partial charge in [0.15, 0.2) is 0 Å². The second kappa shape index (κ2) is 8.75. The maximum atomic E-state index is 14.3. The largest absolute Gasteiger partial charge is 0.356 e. The van der Waals surface area contributed by atoms with Gasteiger partial charge in [0, 0.05) is 55.9 Å². The molecule has 182 valence electrons. The number of nitrogens with one attached hydrogen (secondary N) is 1. The van der Waals surface area contributed by atoms with Crippen LogP contribution in [0.15, 0.2) is 48.8 Å². The number of para-hydroxylation sites is 1. The molecule has 8 nitrogen and oxygen atoms in total. The number of anilines is 1. The number of fused-ring (bicyclic) bond motifs is 4. The molecule has 2 bridgehead atoms. The summed E-state index contributed by atoms with van der Waals surface area (Å²) in [7, 11) is 0. The first kappa shape index (κ1) is 22.2. The van der Waals surface area contributed by atoms with Crippen LogP contribution in [-0.2, 0) is 26.3 Å². The number of rotatable bonds is 2. The summed E-state index contributed by atoms with van der Waals surface area (Å²) in [4.78, 5) is 51.2. The molecule has 0 aliphatic carbocycles. The Morgan fingerprint density at radius 2 is 1.94 bits per heavy atom. The zero-order valence-electron chi connectivity index (χ0n) is 19.9. The van der Waals surface area contributed by atoms with Crippen molar-refractivity contribution in [3.8, 4) is 0 Å². The van der Waals surface area contributed by atoms with Crippen LogP contribution in [-0.4, -0.2) is 71.3 Å². The molecule has 1 spiro atoms. The Morgan fingerprint density at radius 1 is 1.06 bits per heavy atom. The van der Waals surface area contributed by atoms with Gasteiger partial charge < -0.3 is 15.1 Å². The lowest BCUT2D eigenvalue weighted by Gasteiger charge is -2.38. The number of hydrogen-bond acceptors (Lipinski definition) is 5. The molecule has 8 heteroatoms. The van der Waals surface area contributed by atoms with Gasteiger partial charge in [0.05, 0.1) is 12.3 Å². The Kier molecular flexibility index (Phi) is 5.56. The maximum absolute atomic E-state index is 14.3. The van der Waals surface area contributed by atoms with Crippen LogP contribution in [0, 0.1) is 5.92 Å². The monoisotopic (exact) mass is 473 g/mol. The van der Waals surface area contributed by atoms with Gasteiger partial charge in [0.25, 0.3) is 5.91 Å². The average molecular weight is 474 g/mol. The summed E-state index contributed by atoms with van der Waals surface area (Å²) in [5.74, 6) is -0.440. The highest BCUT2D eigenvalue weighted by molar-refractivity contribution is 6.11. The number of carbonyl (C=O) groups excluding carboxylic acids is 3. The normalized spacial score (nSPS) is 28.6. The second-order valence-corrected chi connectivity index (χ2v) is 10.1. The summed E-state index contributed by atoms with van der Waals surface area (Å²) in [6, 6.07) is 11.9. The van der Waals surface area contributed by atoms with E-state index in [1.54, 1.807) is 12.4 Å². The standard InChI is InChI=1S/C27H31N5O3/c33-24(16-19-6-3-10-28-18-19)30-12-5-11-29-25(34)22-17-20-7-4-13-32(20)27(22)21-8-1-2-9-23(21)31(15-14-30)26(27)35/h1-3,6,8-10,18,20,22H,4-5,7,11-17H2,(H,29,34)/t20-,22+,27+/m0/s1. The summed E-state index contributed by atoms with van der Waals surface area (Å²) in [6.45, 7) is 2.73. The maximum Gasteiger partial charge on any atom is 0.253 e. The van der Waals surface area contributed by atoms with Crippen LogP contribution < -0.4 is 10.2 Å². The van der Waals surface area contributed by atoms with Gasteiger partial charge in [-0.1, -0.05) is 24.3 Å². The van der Waals surface area contributed by atoms with Gasteiger partial charge >= 0.3 is 0 Å². The minimum atomic E-state index is -0.939. The van der Waals surface area contributed by atoms with Gasteiger partial charge in [0.2, 0.25) is 11.8 Å². The first-order valence-electron chi connectivity index (χ1n) is 12.7. The predicted molar refractivity (Wildman–Crippen MR) is 130 cm³/mol. The summed E-state index contributed by atoms with van der Waals surface area (Å²) in [5.41, 5.74) is 1.75. The number of hydrogen-bond donors (Lipinski definition) is 1. The molecule has 0 radical (unpaired) electrons. The van der Waals surface area contributed by atoms with Gasteiger partial charge in [-0.2, -0.15) is 0 Å². The Balaban J connectivity index is 1.35. The molecular formula is C27H31N5O3. The molecule has 6 rings (SSSR count). The SMILES string of the molecule is O=C1NCCCN(C(=O)Cc2cccnc2)CCN2C(=O)[C@@]3(c4ccccc42)[C@@H]1C[C@@H]1CCCN13. The van der Waals surface area contributed by atoms with Crippen LogP contribution in [0.5, 0.6) is 0 Å². The van der Waals surface area contributed by atoms with Crippen molar-refractivity contribution in [3.05, 3.63) is 59.9 Å². The Hall–Kier alpha value is -3.26. The lowest BCUT2D eigenvalue weighted by molar-refractivity contribution is -0.139. The van der Waals surface area contributed by atoms with Crippen LogP contribution in [0.4, 0.5) is 5.69 Å². The molecule has 2 aromatic rings. The quantitative estimate of drug-likeness (QED) is 0.718. The molecule has 1 N–H and O–H groups in total. The zero-order chi connectivity index (χ0) is 24.0. The van der Waals surface area contributed by atoms with Crippen molar-refractivity contribution in [2.24, 2.45) is 5.92 Å². The number of aromatic nitrogens is 1. The summed E-state index contributed by atoms with van der Waals surface area (Å²) >= 11 is 0. The van der Waals surface area contributed by atoms with Gasteiger partial charge in [-0.25, -0.2) is 0 Å². The molecule has 3 amide bonds. The van der Waals surface area contributed by atoms with E-state index in [9.17, 15) is 14.4 Å². The lowest BCUT2D eigenvalue weighted by atomic mass is 9.78. The van der Waals surface area contributed by atoms with E-state index in [4.69, 9.17) is 0 Å². The van der Waals surface area contributed by atoms with Crippen LogP contribution in [0.3, 0.4) is 0 Å². The number of carbonyl (C=O) groups is 3. The summed E-state index contributed by atoms with van der Waals surface area (Å²) in [6.07, 6.45) is 7.15. The van der Waals surface area contributed by atoms with Crippen LogP contribution >= 0.6 is 0 Å². The molecule has 1 aromatic heterocycles. The Bertz CT molecular complexity index is 1150. The molecule has 1 aromatic carbocycles. The number of nitrogens with zero attached hydrogens (tertiary/aromatic N) is 4. The smallest absolute Gasteiger partial charge is 0.253 e. The molecule has 3 atom stereocenters. The summed E-state index contributed by atoms with van der Waals surface area (Å²) in [5, 5.41) is 3.12. The molecule has 0 unspecified atom stereocenters. The van der Waals surface area contributed by atoms with E-state index in [0.29, 0.717) is 32.6 Å². The van der Waals surface area contributed by atoms with Crippen molar-refractivity contribution < 1.29 is 14.4 Å². The van der Waals surface area contributed by atoms with Crippen LogP contribution in [0.2, 0.25) is 0 Å². The van der Waals surface area contributed by atoms with Crippen LogP contribution in [0.1, 0.15) is 36.8 Å². The lowest BCUT2D eigenvalue weighted by Crippen LogP contribution is -2.57. The highest BCUT2D eigenvalue weighted by atomic mass is 16.2. The van der Waals surface area contributed by atoms with Crippen molar-refractivity contribution in [1.29, 1.82) is 0 Å². The first-order valence-corrected chi connectivity index (χ1v) is 12.7. The minimum Gasteiger partial charge on any atom is -0.356 e. The third kappa shape index (κ3) is 3.45. The van der Waals surface area contributed by atoms with E-state index in [1.165, 1.54) is 0 Å². The molecule has 5 heterocycles. The van der Waals surface area contributed by atoms with E-state index in [-0.39, 0.29) is 30.2 Å². The fraction of sp³-hybridized carbons (Fsp3) is 0.481. The minimum absolute atomic E-state index is 0.00869. The second-order valence-electron chi connectivity index (χ2n) is 10.1. The van der Waals surface area contributed by atoms with E-state index >= 15 is 0 Å². The van der Waals surface area contributed by atoms with E-state index in [2.05, 4.69) is 15.2 Å². The Labute approximate surface area is 205 Å². The topological polar surface area (TPSA) is 85.9 Å². The van der Waals surface area contributed by atoms with Crippen molar-refractivity contribution in [1.82, 2.24) is 20.1 Å². The average Bonchev–Trinajstić information content (AvgIpc) is 3.52. The molecule has 4 aliphatic heterocycles. The molecular weight excluding hydrogens is 442 g/mol. The molecule has 3 saturated heterocycles. The summed E-state index contributed by atoms with van der Waals surface area (Å²) < 4.78 is 0. The van der Waals surface area contributed by atoms with Crippen molar-refractivity contribution >= 4 is 23.4 Å². The Morgan fingerprint density at radius 3 is 2.80 bits per heavy atom. The molecule has 4 aliphatic rings.